The summed E-state index contributed by atoms with van der Waals surface area (Å²) in [5, 5.41) is 1.73. The maximum absolute atomic E-state index is 12.9. The molecule has 4 rings (SSSR count). The van der Waals surface area contributed by atoms with E-state index < -0.39 is 0 Å². The molecular weight excluding hydrogens is 404 g/mol. The first-order valence-corrected chi connectivity index (χ1v) is 11.0. The molecule has 1 aliphatic heterocycles. The molecule has 0 bridgehead atoms. The monoisotopic (exact) mass is 426 g/mol. The molecule has 29 heavy (non-hydrogen) atoms. The molecule has 150 valence electrons. The van der Waals surface area contributed by atoms with Gasteiger partial charge in [-0.1, -0.05) is 41.6 Å². The van der Waals surface area contributed by atoms with E-state index in [0.717, 1.165) is 40.3 Å². The fourth-order valence-corrected chi connectivity index (χ4v) is 4.48. The van der Waals surface area contributed by atoms with Gasteiger partial charge in [-0.05, 0) is 35.9 Å². The number of amides is 1. The Balaban J connectivity index is 1.32. The predicted molar refractivity (Wildman–Crippen MR) is 119 cm³/mol. The van der Waals surface area contributed by atoms with E-state index in [2.05, 4.69) is 16.0 Å². The lowest BCUT2D eigenvalue weighted by Gasteiger charge is -2.36. The number of halogens is 1. The molecule has 2 aromatic carbocycles. The lowest BCUT2D eigenvalue weighted by atomic mass is 10.1. The van der Waals surface area contributed by atoms with Gasteiger partial charge in [-0.2, -0.15) is 0 Å². The maximum atomic E-state index is 12.9. The van der Waals surface area contributed by atoms with Crippen molar-refractivity contribution in [3.8, 4) is 0 Å². The van der Waals surface area contributed by atoms with Gasteiger partial charge in [0.05, 0.1) is 0 Å². The summed E-state index contributed by atoms with van der Waals surface area (Å²) in [7, 11) is 1.99. The second-order valence-electron chi connectivity index (χ2n) is 7.07. The van der Waals surface area contributed by atoms with Gasteiger partial charge in [-0.25, -0.2) is 4.98 Å². The largest absolute Gasteiger partial charge is 0.368 e. The van der Waals surface area contributed by atoms with Crippen molar-refractivity contribution in [2.45, 2.75) is 10.9 Å². The average Bonchev–Trinajstić information content (AvgIpc) is 3.17. The molecule has 1 saturated heterocycles. The number of carbonyl (C=O) groups is 1. The molecule has 0 atom stereocenters. The summed E-state index contributed by atoms with van der Waals surface area (Å²) in [4.78, 5) is 21.4. The van der Waals surface area contributed by atoms with Crippen molar-refractivity contribution < 1.29 is 4.79 Å². The molecule has 0 saturated carbocycles. The Kier molecular flexibility index (Phi) is 6.11. The maximum Gasteiger partial charge on any atom is 0.253 e. The molecule has 1 fully saturated rings. The number of nitrogens with zero attached hydrogens (tertiary/aromatic N) is 4. The third kappa shape index (κ3) is 4.77. The zero-order chi connectivity index (χ0) is 20.2. The van der Waals surface area contributed by atoms with Crippen LogP contribution in [0.2, 0.25) is 5.02 Å². The van der Waals surface area contributed by atoms with E-state index in [-0.39, 0.29) is 5.91 Å². The van der Waals surface area contributed by atoms with Crippen LogP contribution >= 0.6 is 23.4 Å². The Morgan fingerprint density at radius 1 is 1.10 bits per heavy atom. The highest BCUT2D eigenvalue weighted by atomic mass is 35.5. The van der Waals surface area contributed by atoms with E-state index in [1.54, 1.807) is 18.0 Å². The summed E-state index contributed by atoms with van der Waals surface area (Å²) >= 11 is 7.79. The van der Waals surface area contributed by atoms with Gasteiger partial charge in [0.1, 0.15) is 0 Å². The summed E-state index contributed by atoms with van der Waals surface area (Å²) in [5.41, 5.74) is 3.03. The van der Waals surface area contributed by atoms with Crippen molar-refractivity contribution in [1.82, 2.24) is 14.5 Å². The van der Waals surface area contributed by atoms with Crippen LogP contribution in [0.1, 0.15) is 15.9 Å². The van der Waals surface area contributed by atoms with E-state index in [0.29, 0.717) is 13.1 Å². The lowest BCUT2D eigenvalue weighted by molar-refractivity contribution is 0.0747. The van der Waals surface area contributed by atoms with Crippen LogP contribution in [0.4, 0.5) is 5.69 Å². The number of benzene rings is 2. The SMILES string of the molecule is Cn1ccnc1SCc1ccc(C(=O)N2CCN(c3cccc(Cl)c3)CC2)cc1. The van der Waals surface area contributed by atoms with Gasteiger partial charge in [0.25, 0.3) is 5.91 Å². The number of hydrogen-bond donors (Lipinski definition) is 0. The minimum absolute atomic E-state index is 0.0963. The van der Waals surface area contributed by atoms with Crippen molar-refractivity contribution in [3.05, 3.63) is 77.1 Å². The summed E-state index contributed by atoms with van der Waals surface area (Å²) in [6.45, 7) is 3.04. The number of anilines is 1. The topological polar surface area (TPSA) is 41.4 Å². The number of aryl methyl sites for hydroxylation is 1. The van der Waals surface area contributed by atoms with Crippen LogP contribution in [-0.4, -0.2) is 46.5 Å². The zero-order valence-corrected chi connectivity index (χ0v) is 17.9. The Bertz CT molecular complexity index is 980. The molecule has 0 N–H and O–H groups in total. The van der Waals surface area contributed by atoms with Gasteiger partial charge in [-0.15, -0.1) is 0 Å². The normalized spacial score (nSPS) is 14.3. The molecule has 3 aromatic rings. The Labute approximate surface area is 180 Å². The van der Waals surface area contributed by atoms with Gasteiger partial charge in [0.2, 0.25) is 0 Å². The Morgan fingerprint density at radius 3 is 2.52 bits per heavy atom. The van der Waals surface area contributed by atoms with Crippen LogP contribution < -0.4 is 4.90 Å². The first-order chi connectivity index (χ1) is 14.1. The van der Waals surface area contributed by atoms with Gasteiger partial charge >= 0.3 is 0 Å². The van der Waals surface area contributed by atoms with E-state index in [9.17, 15) is 4.79 Å². The fourth-order valence-electron chi connectivity index (χ4n) is 3.41. The molecule has 0 radical (unpaired) electrons. The van der Waals surface area contributed by atoms with Crippen molar-refractivity contribution in [1.29, 1.82) is 0 Å². The number of aromatic nitrogens is 2. The van der Waals surface area contributed by atoms with Crippen molar-refractivity contribution in [2.24, 2.45) is 7.05 Å². The molecule has 0 unspecified atom stereocenters. The van der Waals surface area contributed by atoms with Crippen LogP contribution in [0, 0.1) is 0 Å². The van der Waals surface area contributed by atoms with Crippen molar-refractivity contribution in [3.63, 3.8) is 0 Å². The van der Waals surface area contributed by atoms with Gasteiger partial charge in [0.15, 0.2) is 5.16 Å². The number of rotatable bonds is 5. The van der Waals surface area contributed by atoms with Gasteiger partial charge in [0, 0.05) is 67.6 Å². The fraction of sp³-hybridized carbons (Fsp3) is 0.273. The molecule has 2 heterocycles. The third-order valence-corrected chi connectivity index (χ3v) is 6.45. The van der Waals surface area contributed by atoms with Crippen LogP contribution in [0.5, 0.6) is 0 Å². The summed E-state index contributed by atoms with van der Waals surface area (Å²) < 4.78 is 2.01. The van der Waals surface area contributed by atoms with E-state index in [1.807, 2.05) is 65.2 Å². The second-order valence-corrected chi connectivity index (χ2v) is 8.44. The van der Waals surface area contributed by atoms with E-state index >= 15 is 0 Å². The predicted octanol–water partition coefficient (Wildman–Crippen LogP) is 4.33. The van der Waals surface area contributed by atoms with Crippen LogP contribution in [0.25, 0.3) is 0 Å². The van der Waals surface area contributed by atoms with E-state index in [4.69, 9.17) is 11.6 Å². The average molecular weight is 427 g/mol. The smallest absolute Gasteiger partial charge is 0.253 e. The first kappa shape index (κ1) is 19.9. The minimum atomic E-state index is 0.0963. The number of piperazine rings is 1. The number of carbonyl (C=O) groups excluding carboxylic acids is 1. The van der Waals surface area contributed by atoms with Crippen LogP contribution in [-0.2, 0) is 12.8 Å². The Hall–Kier alpha value is -2.44. The highest BCUT2D eigenvalue weighted by molar-refractivity contribution is 7.98. The van der Waals surface area contributed by atoms with Crippen LogP contribution in [0.3, 0.4) is 0 Å². The lowest BCUT2D eigenvalue weighted by Crippen LogP contribution is -2.48. The van der Waals surface area contributed by atoms with Gasteiger partial charge < -0.3 is 14.4 Å². The highest BCUT2D eigenvalue weighted by Crippen LogP contribution is 2.23. The summed E-state index contributed by atoms with van der Waals surface area (Å²) in [5.74, 6) is 0.927. The molecule has 1 aromatic heterocycles. The molecule has 0 spiro atoms. The summed E-state index contributed by atoms with van der Waals surface area (Å²) in [6.07, 6.45) is 3.74. The molecule has 7 heteroatoms. The van der Waals surface area contributed by atoms with Crippen molar-refractivity contribution in [2.75, 3.05) is 31.1 Å². The van der Waals surface area contributed by atoms with Crippen molar-refractivity contribution >= 4 is 35.0 Å². The van der Waals surface area contributed by atoms with Crippen LogP contribution in [0.15, 0.2) is 66.1 Å². The first-order valence-electron chi connectivity index (χ1n) is 9.59. The number of hydrogen-bond acceptors (Lipinski definition) is 4. The second kappa shape index (κ2) is 8.93. The molecular formula is C22H23ClN4OS. The number of thioether (sulfide) groups is 1. The standard InChI is InChI=1S/C22H23ClN4OS/c1-25-10-9-24-22(25)29-16-17-5-7-18(8-6-17)21(28)27-13-11-26(12-14-27)20-4-2-3-19(23)15-20/h2-10,15H,11-14,16H2,1H3. The quantitative estimate of drug-likeness (QED) is 0.569. The third-order valence-electron chi connectivity index (χ3n) is 5.09. The van der Waals surface area contributed by atoms with E-state index in [1.165, 1.54) is 5.56 Å². The molecule has 0 aliphatic carbocycles. The number of imidazole rings is 1. The Morgan fingerprint density at radius 2 is 1.86 bits per heavy atom. The minimum Gasteiger partial charge on any atom is -0.368 e. The highest BCUT2D eigenvalue weighted by Gasteiger charge is 2.22. The van der Waals surface area contributed by atoms with Gasteiger partial charge in [-0.3, -0.25) is 4.79 Å². The summed E-state index contributed by atoms with van der Waals surface area (Å²) in [6, 6.07) is 15.8. The molecule has 1 amide bonds. The molecule has 1 aliphatic rings. The molecule has 5 nitrogen and oxygen atoms in total. The zero-order valence-electron chi connectivity index (χ0n) is 16.3.